The van der Waals surface area contributed by atoms with Gasteiger partial charge in [0.2, 0.25) is 0 Å². The molecule has 0 aromatic carbocycles. The zero-order valence-corrected chi connectivity index (χ0v) is 8.49. The van der Waals surface area contributed by atoms with Gasteiger partial charge < -0.3 is 9.84 Å². The fourth-order valence-electron chi connectivity index (χ4n) is 0.872. The van der Waals surface area contributed by atoms with E-state index in [0.717, 1.165) is 0 Å². The van der Waals surface area contributed by atoms with E-state index in [4.69, 9.17) is 9.84 Å². The van der Waals surface area contributed by atoms with Crippen LogP contribution < -0.4 is 0 Å². The van der Waals surface area contributed by atoms with Gasteiger partial charge in [0.05, 0.1) is 6.61 Å². The third-order valence-electron chi connectivity index (χ3n) is 1.79. The van der Waals surface area contributed by atoms with E-state index >= 15 is 0 Å². The highest BCUT2D eigenvalue weighted by Gasteiger charge is 2.22. The highest BCUT2D eigenvalue weighted by atomic mass is 16.5. The normalized spacial score (nSPS) is 15.4. The highest BCUT2D eigenvalue weighted by molar-refractivity contribution is 5.72. The summed E-state index contributed by atoms with van der Waals surface area (Å²) in [4.78, 5) is 10.7. The van der Waals surface area contributed by atoms with Gasteiger partial charge in [0, 0.05) is 0 Å². The van der Waals surface area contributed by atoms with E-state index in [1.54, 1.807) is 6.08 Å². The van der Waals surface area contributed by atoms with Gasteiger partial charge in [0.1, 0.15) is 0 Å². The fourth-order valence-corrected chi connectivity index (χ4v) is 0.872. The Morgan fingerprint density at radius 3 is 2.38 bits per heavy atom. The molecule has 1 unspecified atom stereocenters. The molecule has 1 N–H and O–H groups in total. The van der Waals surface area contributed by atoms with Crippen molar-refractivity contribution >= 4 is 5.97 Å². The second kappa shape index (κ2) is 5.75. The van der Waals surface area contributed by atoms with Crippen molar-refractivity contribution in [2.75, 3.05) is 6.61 Å². The van der Waals surface area contributed by atoms with Crippen molar-refractivity contribution < 1.29 is 14.6 Å². The lowest BCUT2D eigenvalue weighted by molar-refractivity contribution is -0.154. The summed E-state index contributed by atoms with van der Waals surface area (Å²) in [6, 6.07) is 0. The summed E-state index contributed by atoms with van der Waals surface area (Å²) >= 11 is 0. The van der Waals surface area contributed by atoms with Crippen LogP contribution in [0.15, 0.2) is 12.7 Å². The standard InChI is InChI=1S/C10H18O3/c1-5-8(4)6-13-9(7(2)3)10(11)12/h5,7-9H,1,6H2,2-4H3,(H,11,12)/t8?,9-/m0/s1. The average molecular weight is 186 g/mol. The first-order chi connectivity index (χ1) is 5.99. The molecular formula is C10H18O3. The van der Waals surface area contributed by atoms with Crippen molar-refractivity contribution in [1.82, 2.24) is 0 Å². The zero-order chi connectivity index (χ0) is 10.4. The minimum atomic E-state index is -0.897. The fraction of sp³-hybridized carbons (Fsp3) is 0.700. The first-order valence-corrected chi connectivity index (χ1v) is 4.46. The maximum Gasteiger partial charge on any atom is 0.333 e. The van der Waals surface area contributed by atoms with Gasteiger partial charge in [-0.1, -0.05) is 26.8 Å². The predicted molar refractivity (Wildman–Crippen MR) is 51.6 cm³/mol. The number of hydrogen-bond donors (Lipinski definition) is 1. The number of aliphatic carboxylic acids is 1. The summed E-state index contributed by atoms with van der Waals surface area (Å²) in [6.07, 6.45) is 1.04. The van der Waals surface area contributed by atoms with Gasteiger partial charge in [-0.3, -0.25) is 0 Å². The van der Waals surface area contributed by atoms with Crippen LogP contribution in [-0.2, 0) is 9.53 Å². The smallest absolute Gasteiger partial charge is 0.333 e. The van der Waals surface area contributed by atoms with Gasteiger partial charge in [-0.05, 0) is 11.8 Å². The van der Waals surface area contributed by atoms with Crippen LogP contribution in [0.25, 0.3) is 0 Å². The summed E-state index contributed by atoms with van der Waals surface area (Å²) in [6.45, 7) is 9.61. The molecule has 0 saturated carbocycles. The maximum atomic E-state index is 10.7. The van der Waals surface area contributed by atoms with E-state index < -0.39 is 12.1 Å². The molecule has 0 aromatic rings. The summed E-state index contributed by atoms with van der Waals surface area (Å²) in [7, 11) is 0. The maximum absolute atomic E-state index is 10.7. The Balaban J connectivity index is 3.97. The van der Waals surface area contributed by atoms with E-state index in [-0.39, 0.29) is 11.8 Å². The molecule has 0 aliphatic rings. The molecule has 0 fully saturated rings. The van der Waals surface area contributed by atoms with E-state index in [0.29, 0.717) is 6.61 Å². The third kappa shape index (κ3) is 4.68. The van der Waals surface area contributed by atoms with E-state index in [1.165, 1.54) is 0 Å². The Hall–Kier alpha value is -0.830. The third-order valence-corrected chi connectivity index (χ3v) is 1.79. The summed E-state index contributed by atoms with van der Waals surface area (Å²) in [5.74, 6) is -0.707. The Morgan fingerprint density at radius 1 is 1.54 bits per heavy atom. The quantitative estimate of drug-likeness (QED) is 0.645. The van der Waals surface area contributed by atoms with Gasteiger partial charge >= 0.3 is 5.97 Å². The molecule has 0 saturated heterocycles. The Labute approximate surface area is 79.4 Å². The molecule has 0 amide bonds. The molecule has 0 aliphatic heterocycles. The van der Waals surface area contributed by atoms with Crippen LogP contribution >= 0.6 is 0 Å². The van der Waals surface area contributed by atoms with Crippen molar-refractivity contribution in [2.24, 2.45) is 11.8 Å². The predicted octanol–water partition coefficient (Wildman–Crippen LogP) is 1.93. The minimum absolute atomic E-state index is 0.00508. The van der Waals surface area contributed by atoms with Crippen molar-refractivity contribution in [1.29, 1.82) is 0 Å². The van der Waals surface area contributed by atoms with Crippen LogP contribution in [0.3, 0.4) is 0 Å². The lowest BCUT2D eigenvalue weighted by atomic mass is 10.1. The van der Waals surface area contributed by atoms with Crippen LogP contribution in [0.5, 0.6) is 0 Å². The zero-order valence-electron chi connectivity index (χ0n) is 8.49. The number of ether oxygens (including phenoxy) is 1. The largest absolute Gasteiger partial charge is 0.479 e. The summed E-state index contributed by atoms with van der Waals surface area (Å²) < 4.78 is 5.25. The summed E-state index contributed by atoms with van der Waals surface area (Å²) in [5, 5.41) is 8.78. The van der Waals surface area contributed by atoms with Crippen LogP contribution in [0.2, 0.25) is 0 Å². The Kier molecular flexibility index (Phi) is 5.39. The second-order valence-electron chi connectivity index (χ2n) is 3.55. The second-order valence-corrected chi connectivity index (χ2v) is 3.55. The summed E-state index contributed by atoms with van der Waals surface area (Å²) in [5.41, 5.74) is 0. The van der Waals surface area contributed by atoms with Crippen LogP contribution in [-0.4, -0.2) is 23.8 Å². The molecule has 0 bridgehead atoms. The van der Waals surface area contributed by atoms with Gasteiger partial charge in [-0.2, -0.15) is 0 Å². The highest BCUT2D eigenvalue weighted by Crippen LogP contribution is 2.09. The van der Waals surface area contributed by atoms with Crippen LogP contribution in [0, 0.1) is 11.8 Å². The lowest BCUT2D eigenvalue weighted by Crippen LogP contribution is -2.30. The molecule has 3 nitrogen and oxygen atoms in total. The van der Waals surface area contributed by atoms with Gasteiger partial charge in [-0.15, -0.1) is 6.58 Å². The molecule has 0 aromatic heterocycles. The molecule has 2 atom stereocenters. The Morgan fingerprint density at radius 2 is 2.08 bits per heavy atom. The molecular weight excluding hydrogens is 168 g/mol. The first-order valence-electron chi connectivity index (χ1n) is 4.46. The number of carboxylic acid groups (broad SMARTS) is 1. The lowest BCUT2D eigenvalue weighted by Gasteiger charge is -2.18. The van der Waals surface area contributed by atoms with Gasteiger partial charge in [0.15, 0.2) is 6.10 Å². The van der Waals surface area contributed by atoms with Crippen molar-refractivity contribution in [3.05, 3.63) is 12.7 Å². The van der Waals surface area contributed by atoms with E-state index in [2.05, 4.69) is 6.58 Å². The molecule has 13 heavy (non-hydrogen) atoms. The number of hydrogen-bond acceptors (Lipinski definition) is 2. The van der Waals surface area contributed by atoms with Crippen molar-refractivity contribution in [3.63, 3.8) is 0 Å². The molecule has 0 rings (SSSR count). The molecule has 0 radical (unpaired) electrons. The minimum Gasteiger partial charge on any atom is -0.479 e. The van der Waals surface area contributed by atoms with E-state index in [9.17, 15) is 4.79 Å². The number of carboxylic acids is 1. The monoisotopic (exact) mass is 186 g/mol. The first kappa shape index (κ1) is 12.2. The number of carbonyl (C=O) groups is 1. The van der Waals surface area contributed by atoms with Crippen LogP contribution in [0.4, 0.5) is 0 Å². The molecule has 0 aliphatic carbocycles. The van der Waals surface area contributed by atoms with Gasteiger partial charge in [0.25, 0.3) is 0 Å². The molecule has 3 heteroatoms. The topological polar surface area (TPSA) is 46.5 Å². The molecule has 0 spiro atoms. The number of rotatable bonds is 6. The van der Waals surface area contributed by atoms with Crippen molar-refractivity contribution in [2.45, 2.75) is 26.9 Å². The molecule has 76 valence electrons. The SMILES string of the molecule is C=CC(C)CO[C@H](C(=O)O)C(C)C. The van der Waals surface area contributed by atoms with Gasteiger partial charge in [-0.25, -0.2) is 4.79 Å². The van der Waals surface area contributed by atoms with Crippen LogP contribution in [0.1, 0.15) is 20.8 Å². The Bertz CT molecular complexity index is 175. The molecule has 0 heterocycles. The van der Waals surface area contributed by atoms with E-state index in [1.807, 2.05) is 20.8 Å². The average Bonchev–Trinajstić information content (AvgIpc) is 2.03. The van der Waals surface area contributed by atoms with Crippen molar-refractivity contribution in [3.8, 4) is 0 Å².